The third-order valence-corrected chi connectivity index (χ3v) is 5.22. The molecule has 0 fully saturated rings. The van der Waals surface area contributed by atoms with Crippen LogP contribution >= 0.6 is 23.4 Å². The first-order valence-corrected chi connectivity index (χ1v) is 10.1. The number of hydrogen-bond donors (Lipinski definition) is 1. The molecule has 0 saturated carbocycles. The van der Waals surface area contributed by atoms with Crippen molar-refractivity contribution in [3.8, 4) is 5.75 Å². The van der Waals surface area contributed by atoms with E-state index >= 15 is 0 Å². The van der Waals surface area contributed by atoms with E-state index in [1.54, 1.807) is 19.1 Å². The fraction of sp³-hybridized carbons (Fsp3) is 0.350. The van der Waals surface area contributed by atoms with Crippen LogP contribution in [-0.4, -0.2) is 24.3 Å². The Hall–Kier alpha value is -1.72. The van der Waals surface area contributed by atoms with E-state index < -0.39 is 6.10 Å². The Morgan fingerprint density at radius 3 is 2.77 bits per heavy atom. The molecule has 1 amide bonds. The normalized spacial score (nSPS) is 11.8. The molecule has 6 heteroatoms. The third-order valence-electron chi connectivity index (χ3n) is 3.88. The van der Waals surface area contributed by atoms with Gasteiger partial charge < -0.3 is 10.1 Å². The van der Waals surface area contributed by atoms with Crippen LogP contribution in [0, 0.1) is 5.82 Å². The zero-order valence-corrected chi connectivity index (χ0v) is 16.5. The molecule has 0 aliphatic carbocycles. The second-order valence-corrected chi connectivity index (χ2v) is 7.28. The van der Waals surface area contributed by atoms with E-state index in [2.05, 4.69) is 5.32 Å². The summed E-state index contributed by atoms with van der Waals surface area (Å²) >= 11 is 7.51. The molecule has 0 aliphatic heterocycles. The van der Waals surface area contributed by atoms with Crippen LogP contribution < -0.4 is 10.1 Å². The number of aryl methyl sites for hydroxylation is 1. The van der Waals surface area contributed by atoms with Gasteiger partial charge in [0.25, 0.3) is 5.91 Å². The number of carbonyl (C=O) groups is 1. The Morgan fingerprint density at radius 2 is 2.04 bits per heavy atom. The summed E-state index contributed by atoms with van der Waals surface area (Å²) in [6, 6.07) is 12.4. The van der Waals surface area contributed by atoms with Gasteiger partial charge in [0.05, 0.1) is 0 Å². The minimum Gasteiger partial charge on any atom is -0.481 e. The van der Waals surface area contributed by atoms with E-state index in [4.69, 9.17) is 16.3 Å². The number of carbonyl (C=O) groups excluding carboxylic acids is 1. The van der Waals surface area contributed by atoms with Crippen molar-refractivity contribution in [3.63, 3.8) is 0 Å². The van der Waals surface area contributed by atoms with Crippen LogP contribution in [0.4, 0.5) is 4.39 Å². The van der Waals surface area contributed by atoms with Crippen LogP contribution in [0.25, 0.3) is 0 Å². The highest BCUT2D eigenvalue weighted by Gasteiger charge is 2.15. The van der Waals surface area contributed by atoms with Crippen molar-refractivity contribution in [2.24, 2.45) is 0 Å². The smallest absolute Gasteiger partial charge is 0.260 e. The van der Waals surface area contributed by atoms with Crippen molar-refractivity contribution in [1.29, 1.82) is 0 Å². The van der Waals surface area contributed by atoms with Crippen LogP contribution in [-0.2, 0) is 17.0 Å². The summed E-state index contributed by atoms with van der Waals surface area (Å²) in [6.45, 7) is 4.26. The van der Waals surface area contributed by atoms with Gasteiger partial charge in [-0.2, -0.15) is 11.8 Å². The number of hydrogen-bond acceptors (Lipinski definition) is 3. The lowest BCUT2D eigenvalue weighted by molar-refractivity contribution is -0.127. The molecule has 0 radical (unpaired) electrons. The van der Waals surface area contributed by atoms with Gasteiger partial charge in [-0.1, -0.05) is 42.8 Å². The SMILES string of the molecule is CCc1ccccc1O[C@@H](C)C(=O)NCCSCc1c(F)cccc1Cl. The zero-order valence-electron chi connectivity index (χ0n) is 14.9. The Morgan fingerprint density at radius 1 is 1.27 bits per heavy atom. The summed E-state index contributed by atoms with van der Waals surface area (Å²) in [5.41, 5.74) is 1.57. The summed E-state index contributed by atoms with van der Waals surface area (Å²) < 4.78 is 19.4. The van der Waals surface area contributed by atoms with Crippen LogP contribution in [0.15, 0.2) is 42.5 Å². The lowest BCUT2D eigenvalue weighted by Crippen LogP contribution is -2.37. The van der Waals surface area contributed by atoms with Gasteiger partial charge >= 0.3 is 0 Å². The van der Waals surface area contributed by atoms with Gasteiger partial charge in [0.15, 0.2) is 6.10 Å². The molecule has 0 bridgehead atoms. The van der Waals surface area contributed by atoms with Gasteiger partial charge in [0.1, 0.15) is 11.6 Å². The Balaban J connectivity index is 1.73. The average Bonchev–Trinajstić information content (AvgIpc) is 2.63. The molecule has 140 valence electrons. The van der Waals surface area contributed by atoms with E-state index in [0.717, 1.165) is 17.7 Å². The Labute approximate surface area is 163 Å². The van der Waals surface area contributed by atoms with Crippen molar-refractivity contribution in [3.05, 3.63) is 64.4 Å². The van der Waals surface area contributed by atoms with Crippen LogP contribution in [0.3, 0.4) is 0 Å². The highest BCUT2D eigenvalue weighted by Crippen LogP contribution is 2.23. The Bertz CT molecular complexity index is 721. The lowest BCUT2D eigenvalue weighted by atomic mass is 10.1. The van der Waals surface area contributed by atoms with Crippen LogP contribution in [0.1, 0.15) is 25.0 Å². The molecule has 0 aliphatic rings. The highest BCUT2D eigenvalue weighted by atomic mass is 35.5. The molecule has 0 heterocycles. The Kier molecular flexibility index (Phi) is 8.26. The summed E-state index contributed by atoms with van der Waals surface area (Å²) in [4.78, 5) is 12.2. The first-order chi connectivity index (χ1) is 12.5. The van der Waals surface area contributed by atoms with Gasteiger partial charge in [0.2, 0.25) is 0 Å². The van der Waals surface area contributed by atoms with Crippen LogP contribution in [0.5, 0.6) is 5.75 Å². The number of thioether (sulfide) groups is 1. The van der Waals surface area contributed by atoms with Gasteiger partial charge in [-0.05, 0) is 37.1 Å². The number of ether oxygens (including phenoxy) is 1. The van der Waals surface area contributed by atoms with Gasteiger partial charge in [-0.3, -0.25) is 4.79 Å². The predicted octanol–water partition coefficient (Wildman–Crippen LogP) is 4.86. The summed E-state index contributed by atoms with van der Waals surface area (Å²) in [6.07, 6.45) is 0.272. The van der Waals surface area contributed by atoms with Crippen molar-refractivity contribution in [2.45, 2.75) is 32.1 Å². The standard InChI is InChI=1S/C20H23ClFNO2S/c1-3-15-7-4-5-10-19(15)25-14(2)20(24)23-11-12-26-13-16-17(21)8-6-9-18(16)22/h4-10,14H,3,11-13H2,1-2H3,(H,23,24)/t14-/m0/s1. The molecule has 26 heavy (non-hydrogen) atoms. The summed E-state index contributed by atoms with van der Waals surface area (Å²) in [7, 11) is 0. The molecule has 0 aromatic heterocycles. The highest BCUT2D eigenvalue weighted by molar-refractivity contribution is 7.98. The third kappa shape index (κ3) is 5.92. The van der Waals surface area contributed by atoms with Crippen molar-refractivity contribution >= 4 is 29.3 Å². The van der Waals surface area contributed by atoms with Crippen LogP contribution in [0.2, 0.25) is 5.02 Å². The maximum atomic E-state index is 13.7. The second kappa shape index (κ2) is 10.4. The molecule has 1 atom stereocenters. The quantitative estimate of drug-likeness (QED) is 0.616. The van der Waals surface area contributed by atoms with E-state index in [-0.39, 0.29) is 11.7 Å². The van der Waals surface area contributed by atoms with Gasteiger partial charge in [-0.25, -0.2) is 4.39 Å². The molecule has 0 spiro atoms. The minimum absolute atomic E-state index is 0.166. The van der Waals surface area contributed by atoms with Gasteiger partial charge in [0, 0.05) is 28.6 Å². The molecule has 1 N–H and O–H groups in total. The monoisotopic (exact) mass is 395 g/mol. The molecule has 2 rings (SSSR count). The first kappa shape index (κ1) is 20.6. The molecular formula is C20H23ClFNO2S. The number of amides is 1. The van der Waals surface area contributed by atoms with E-state index in [0.29, 0.717) is 28.6 Å². The number of halogens is 2. The van der Waals surface area contributed by atoms with Crippen molar-refractivity contribution in [1.82, 2.24) is 5.32 Å². The number of benzene rings is 2. The fourth-order valence-electron chi connectivity index (χ4n) is 2.39. The molecule has 0 saturated heterocycles. The van der Waals surface area contributed by atoms with E-state index in [1.165, 1.54) is 17.8 Å². The summed E-state index contributed by atoms with van der Waals surface area (Å²) in [5.74, 6) is 1.40. The van der Waals surface area contributed by atoms with Crippen molar-refractivity contribution < 1.29 is 13.9 Å². The molecule has 2 aromatic rings. The average molecular weight is 396 g/mol. The minimum atomic E-state index is -0.575. The maximum Gasteiger partial charge on any atom is 0.260 e. The zero-order chi connectivity index (χ0) is 18.9. The second-order valence-electron chi connectivity index (χ2n) is 5.77. The number of nitrogens with one attached hydrogen (secondary N) is 1. The maximum absolute atomic E-state index is 13.7. The summed E-state index contributed by atoms with van der Waals surface area (Å²) in [5, 5.41) is 3.27. The molecule has 3 nitrogen and oxygen atoms in total. The lowest BCUT2D eigenvalue weighted by Gasteiger charge is -2.16. The van der Waals surface area contributed by atoms with Gasteiger partial charge in [-0.15, -0.1) is 0 Å². The first-order valence-electron chi connectivity index (χ1n) is 8.55. The topological polar surface area (TPSA) is 38.3 Å². The van der Waals surface area contributed by atoms with Crippen molar-refractivity contribution in [2.75, 3.05) is 12.3 Å². The number of rotatable bonds is 9. The largest absolute Gasteiger partial charge is 0.481 e. The molecule has 2 aromatic carbocycles. The number of para-hydroxylation sites is 1. The van der Waals surface area contributed by atoms with E-state index in [9.17, 15) is 9.18 Å². The molecular weight excluding hydrogens is 373 g/mol. The fourth-order valence-corrected chi connectivity index (χ4v) is 3.59. The van der Waals surface area contributed by atoms with E-state index in [1.807, 2.05) is 31.2 Å². The predicted molar refractivity (Wildman–Crippen MR) is 106 cm³/mol. The molecule has 0 unspecified atom stereocenters.